The van der Waals surface area contributed by atoms with Crippen molar-refractivity contribution in [1.29, 1.82) is 0 Å². The van der Waals surface area contributed by atoms with Crippen LogP contribution in [0.1, 0.15) is 33.8 Å². The third-order valence-corrected chi connectivity index (χ3v) is 8.31. The molecule has 2 atom stereocenters. The summed E-state index contributed by atoms with van der Waals surface area (Å²) < 4.78 is 16.4. The number of amides is 2. The van der Waals surface area contributed by atoms with Crippen LogP contribution in [-0.2, 0) is 14.9 Å². The molecule has 1 saturated carbocycles. The van der Waals surface area contributed by atoms with Gasteiger partial charge in [0.1, 0.15) is 11.5 Å². The van der Waals surface area contributed by atoms with E-state index in [9.17, 15) is 9.59 Å². The average Bonchev–Trinajstić information content (AvgIpc) is 3.55. The first-order valence-electron chi connectivity index (χ1n) is 13.3. The maximum atomic E-state index is 13.1. The predicted octanol–water partition coefficient (Wildman–Crippen LogP) is 4.17. The number of hydrogen-bond acceptors (Lipinski definition) is 7. The van der Waals surface area contributed by atoms with Gasteiger partial charge in [-0.15, -0.1) is 0 Å². The molecule has 1 aliphatic carbocycles. The number of carbonyl (C=O) groups is 2. The number of carbonyl (C=O) groups excluding carboxylic acids is 2. The number of methoxy groups -OCH3 is 2. The van der Waals surface area contributed by atoms with E-state index in [1.807, 2.05) is 24.3 Å². The Labute approximate surface area is 230 Å². The number of aromatic nitrogens is 2. The monoisotopic (exact) mass is 539 g/mol. The largest absolute Gasteiger partial charge is 0.497 e. The lowest BCUT2D eigenvalue weighted by Gasteiger charge is -2.27. The first kappa shape index (κ1) is 24.5. The lowest BCUT2D eigenvalue weighted by molar-refractivity contribution is -0.118. The van der Waals surface area contributed by atoms with Gasteiger partial charge < -0.3 is 29.7 Å². The molecule has 3 aromatic carbocycles. The number of aromatic amines is 1. The van der Waals surface area contributed by atoms with Crippen molar-refractivity contribution < 1.29 is 23.8 Å². The van der Waals surface area contributed by atoms with Gasteiger partial charge in [0.15, 0.2) is 5.82 Å². The summed E-state index contributed by atoms with van der Waals surface area (Å²) in [6.07, 6.45) is 0.741. The van der Waals surface area contributed by atoms with Gasteiger partial charge in [-0.1, -0.05) is 6.07 Å². The Balaban J connectivity index is 1.16. The molecule has 0 bridgehead atoms. The third-order valence-electron chi connectivity index (χ3n) is 8.31. The number of morpholine rings is 1. The molecule has 0 unspecified atom stereocenters. The number of nitrogens with one attached hydrogen (secondary N) is 3. The molecule has 2 amide bonds. The van der Waals surface area contributed by atoms with Crippen molar-refractivity contribution in [3.8, 4) is 11.5 Å². The summed E-state index contributed by atoms with van der Waals surface area (Å²) in [5.41, 5.74) is 4.42. The molecule has 1 spiro atoms. The molecule has 10 nitrogen and oxygen atoms in total. The molecule has 10 heteroatoms. The van der Waals surface area contributed by atoms with Gasteiger partial charge in [-0.3, -0.25) is 14.7 Å². The smallest absolute Gasteiger partial charge is 0.254 e. The van der Waals surface area contributed by atoms with E-state index in [0.717, 1.165) is 39.9 Å². The second-order valence-corrected chi connectivity index (χ2v) is 10.4. The zero-order chi connectivity index (χ0) is 27.4. The number of H-pyrrole nitrogens is 1. The summed E-state index contributed by atoms with van der Waals surface area (Å²) in [5, 5.41) is 14.9. The molecule has 1 aromatic heterocycles. The lowest BCUT2D eigenvalue weighted by atomic mass is 9.91. The van der Waals surface area contributed by atoms with Crippen LogP contribution in [0.2, 0.25) is 0 Å². The predicted molar refractivity (Wildman–Crippen MR) is 150 cm³/mol. The van der Waals surface area contributed by atoms with Crippen molar-refractivity contribution in [2.24, 2.45) is 0 Å². The lowest BCUT2D eigenvalue weighted by Crippen LogP contribution is -2.40. The third kappa shape index (κ3) is 3.78. The highest BCUT2D eigenvalue weighted by Gasteiger charge is 2.65. The molecule has 3 heterocycles. The van der Waals surface area contributed by atoms with Gasteiger partial charge >= 0.3 is 0 Å². The van der Waals surface area contributed by atoms with Gasteiger partial charge in [0.05, 0.1) is 44.1 Å². The number of ether oxygens (including phenoxy) is 3. The molecule has 2 fully saturated rings. The van der Waals surface area contributed by atoms with E-state index in [2.05, 4.69) is 33.0 Å². The first-order valence-corrected chi connectivity index (χ1v) is 13.3. The van der Waals surface area contributed by atoms with Gasteiger partial charge in [-0.05, 0) is 66.1 Å². The number of hydrogen-bond donors (Lipinski definition) is 3. The number of benzene rings is 3. The van der Waals surface area contributed by atoms with Gasteiger partial charge in [0, 0.05) is 35.6 Å². The van der Waals surface area contributed by atoms with Crippen LogP contribution in [0.25, 0.3) is 10.9 Å². The van der Waals surface area contributed by atoms with Crippen LogP contribution in [0.4, 0.5) is 17.2 Å². The van der Waals surface area contributed by atoms with Crippen LogP contribution in [0.15, 0.2) is 54.6 Å². The highest BCUT2D eigenvalue weighted by atomic mass is 16.5. The minimum absolute atomic E-state index is 0.0337. The van der Waals surface area contributed by atoms with Crippen LogP contribution >= 0.6 is 0 Å². The van der Waals surface area contributed by atoms with Crippen LogP contribution in [-0.4, -0.2) is 67.4 Å². The van der Waals surface area contributed by atoms with Crippen molar-refractivity contribution in [2.75, 3.05) is 51.2 Å². The summed E-state index contributed by atoms with van der Waals surface area (Å²) in [5.74, 6) is 2.02. The minimum atomic E-state index is -0.570. The van der Waals surface area contributed by atoms with Crippen LogP contribution in [0, 0.1) is 0 Å². The summed E-state index contributed by atoms with van der Waals surface area (Å²) >= 11 is 0. The molecule has 7 rings (SSSR count). The maximum Gasteiger partial charge on any atom is 0.254 e. The van der Waals surface area contributed by atoms with Crippen molar-refractivity contribution in [2.45, 2.75) is 17.8 Å². The van der Waals surface area contributed by atoms with Crippen molar-refractivity contribution >= 4 is 39.9 Å². The Morgan fingerprint density at radius 3 is 2.73 bits per heavy atom. The fourth-order valence-electron chi connectivity index (χ4n) is 6.06. The Morgan fingerprint density at radius 1 is 1.07 bits per heavy atom. The van der Waals surface area contributed by atoms with E-state index in [4.69, 9.17) is 14.2 Å². The van der Waals surface area contributed by atoms with E-state index in [1.165, 1.54) is 0 Å². The molecule has 40 heavy (non-hydrogen) atoms. The van der Waals surface area contributed by atoms with Gasteiger partial charge in [-0.2, -0.15) is 5.10 Å². The van der Waals surface area contributed by atoms with Crippen molar-refractivity contribution in [3.05, 3.63) is 71.3 Å². The maximum absolute atomic E-state index is 13.1. The highest BCUT2D eigenvalue weighted by molar-refractivity contribution is 6.10. The molecule has 4 aromatic rings. The zero-order valence-electron chi connectivity index (χ0n) is 22.2. The second kappa shape index (κ2) is 9.27. The molecule has 204 valence electrons. The number of fused-ring (bicyclic) bond motifs is 3. The fourth-order valence-corrected chi connectivity index (χ4v) is 6.06. The SMILES string of the molecule is COc1ccc2c(c1)[C@]1(C[C@H]1c1ccc3c(Nc4cc(C(=O)N5CCOCC5)ccc4OC)n[nH]c3c1)C(=O)N2. The van der Waals surface area contributed by atoms with Crippen LogP contribution in [0.3, 0.4) is 0 Å². The molecule has 0 radical (unpaired) electrons. The summed E-state index contributed by atoms with van der Waals surface area (Å²) in [4.78, 5) is 27.9. The van der Waals surface area contributed by atoms with E-state index >= 15 is 0 Å². The van der Waals surface area contributed by atoms with Gasteiger partial charge in [0.2, 0.25) is 5.91 Å². The average molecular weight is 540 g/mol. The van der Waals surface area contributed by atoms with E-state index in [0.29, 0.717) is 49.1 Å². The highest BCUT2D eigenvalue weighted by Crippen LogP contribution is 2.65. The summed E-state index contributed by atoms with van der Waals surface area (Å²) in [6, 6.07) is 17.2. The Bertz CT molecular complexity index is 1660. The quantitative estimate of drug-likeness (QED) is 0.337. The van der Waals surface area contributed by atoms with E-state index < -0.39 is 5.41 Å². The summed E-state index contributed by atoms with van der Waals surface area (Å²) in [7, 11) is 3.23. The number of rotatable bonds is 6. The van der Waals surface area contributed by atoms with E-state index in [1.54, 1.807) is 37.3 Å². The topological polar surface area (TPSA) is 118 Å². The molecular weight excluding hydrogens is 510 g/mol. The van der Waals surface area contributed by atoms with Gasteiger partial charge in [-0.25, -0.2) is 0 Å². The fraction of sp³-hybridized carbons (Fsp3) is 0.300. The van der Waals surface area contributed by atoms with E-state index in [-0.39, 0.29) is 17.7 Å². The standard InChI is InChI=1S/C30H29N5O5/c1-38-19-5-7-23-21(15-19)30(29(37)32-23)16-22(30)17-3-6-20-24(13-17)33-34-27(20)31-25-14-18(4-8-26(25)39-2)28(36)35-9-11-40-12-10-35/h3-8,13-15,22H,9-12,16H2,1-2H3,(H,32,37)(H2,31,33,34)/t22-,30-/m0/s1. The molecule has 2 aliphatic heterocycles. The molecule has 1 saturated heterocycles. The van der Waals surface area contributed by atoms with Crippen molar-refractivity contribution in [3.63, 3.8) is 0 Å². The Hall–Kier alpha value is -4.57. The molecule has 3 aliphatic rings. The van der Waals surface area contributed by atoms with Gasteiger partial charge in [0.25, 0.3) is 5.91 Å². The van der Waals surface area contributed by atoms with Crippen molar-refractivity contribution in [1.82, 2.24) is 15.1 Å². The molecular formula is C30H29N5O5. The Morgan fingerprint density at radius 2 is 1.93 bits per heavy atom. The number of anilines is 3. The second-order valence-electron chi connectivity index (χ2n) is 10.4. The summed E-state index contributed by atoms with van der Waals surface area (Å²) in [6.45, 7) is 2.23. The minimum Gasteiger partial charge on any atom is -0.497 e. The van der Waals surface area contributed by atoms with Crippen LogP contribution in [0.5, 0.6) is 11.5 Å². The zero-order valence-corrected chi connectivity index (χ0v) is 22.2. The Kier molecular flexibility index (Phi) is 5.67. The molecule has 3 N–H and O–H groups in total. The van der Waals surface area contributed by atoms with Crippen LogP contribution < -0.4 is 20.1 Å². The first-order chi connectivity index (χ1) is 19.5. The number of nitrogens with zero attached hydrogens (tertiary/aromatic N) is 2. The normalized spacial score (nSPS) is 21.3.